The molecule has 0 saturated carbocycles. The fraction of sp³-hybridized carbons (Fsp3) is 0.714. The van der Waals surface area contributed by atoms with Crippen LogP contribution in [0.3, 0.4) is 0 Å². The van der Waals surface area contributed by atoms with Crippen LogP contribution in [0.25, 0.3) is 0 Å². The fourth-order valence-electron chi connectivity index (χ4n) is 0.698. The lowest BCUT2D eigenvalue weighted by Gasteiger charge is -2.09. The van der Waals surface area contributed by atoms with Crippen LogP contribution in [0.4, 0.5) is 0 Å². The van der Waals surface area contributed by atoms with Crippen LogP contribution in [0.15, 0.2) is 0 Å². The summed E-state index contributed by atoms with van der Waals surface area (Å²) >= 11 is 0. The highest BCUT2D eigenvalue weighted by Gasteiger charge is 2.25. The molecular formula is C7H14N2O2P+. The Morgan fingerprint density at radius 3 is 2.75 bits per heavy atom. The predicted molar refractivity (Wildman–Crippen MR) is 48.9 cm³/mol. The molecule has 0 amide bonds. The molecular weight excluding hydrogens is 175 g/mol. The quantitative estimate of drug-likeness (QED) is 0.503. The lowest BCUT2D eigenvalue weighted by Crippen LogP contribution is -2.33. The Morgan fingerprint density at radius 2 is 2.42 bits per heavy atom. The van der Waals surface area contributed by atoms with Crippen molar-refractivity contribution in [2.45, 2.75) is 6.04 Å². The highest BCUT2D eigenvalue weighted by molar-refractivity contribution is 7.36. The molecule has 0 aromatic rings. The summed E-state index contributed by atoms with van der Waals surface area (Å²) in [4.78, 5) is 0. The van der Waals surface area contributed by atoms with Crippen LogP contribution in [0.1, 0.15) is 0 Å². The van der Waals surface area contributed by atoms with Gasteiger partial charge in [-0.1, -0.05) is 10.6 Å². The Hall–Kier alpha value is -0.460. The van der Waals surface area contributed by atoms with Crippen molar-refractivity contribution in [1.82, 2.24) is 9.99 Å². The second-order valence-corrected chi connectivity index (χ2v) is 3.79. The van der Waals surface area contributed by atoms with Crippen LogP contribution in [0.5, 0.6) is 0 Å². The third kappa shape index (κ3) is 3.80. The van der Waals surface area contributed by atoms with Crippen molar-refractivity contribution < 1.29 is 9.09 Å². The Kier molecular flexibility index (Phi) is 5.87. The third-order valence-electron chi connectivity index (χ3n) is 1.43. The van der Waals surface area contributed by atoms with E-state index in [1.807, 2.05) is 0 Å². The maximum absolute atomic E-state index is 11.0. The average molecular weight is 189 g/mol. The normalized spacial score (nSPS) is 14.1. The number of likely N-dealkylation sites (N-methyl/N-ethyl adjacent to an activating group) is 2. The molecule has 0 aliphatic carbocycles. The monoisotopic (exact) mass is 189 g/mol. The number of nitrogens with zero attached hydrogens (tertiary/aromatic N) is 1. The second kappa shape index (κ2) is 6.10. The minimum absolute atomic E-state index is 0.0934. The maximum Gasteiger partial charge on any atom is 0.615 e. The first-order chi connectivity index (χ1) is 5.65. The smallest absolute Gasteiger partial charge is 0.306 e. The molecule has 5 heteroatoms. The molecule has 68 valence electrons. The molecule has 2 unspecified atom stereocenters. The van der Waals surface area contributed by atoms with Gasteiger partial charge in [0.2, 0.25) is 0 Å². The van der Waals surface area contributed by atoms with Gasteiger partial charge >= 0.3 is 8.18 Å². The highest BCUT2D eigenvalue weighted by Crippen LogP contribution is 2.24. The number of rotatable bonds is 5. The molecule has 0 bridgehead atoms. The summed E-state index contributed by atoms with van der Waals surface area (Å²) in [6.07, 6.45) is 5.20. The van der Waals surface area contributed by atoms with Crippen molar-refractivity contribution in [3.05, 3.63) is 0 Å². The Labute approximate surface area is 74.2 Å². The first kappa shape index (κ1) is 11.5. The van der Waals surface area contributed by atoms with Crippen LogP contribution >= 0.6 is 8.18 Å². The summed E-state index contributed by atoms with van der Waals surface area (Å²) in [6, 6.07) is -0.0934. The summed E-state index contributed by atoms with van der Waals surface area (Å²) in [5, 5.41) is 2.90. The Balaban J connectivity index is 3.91. The SMILES string of the molecule is C#CC(CN(C)[P+](=O)OC)NC. The lowest BCUT2D eigenvalue weighted by molar-refractivity contribution is 0.345. The van der Waals surface area contributed by atoms with Gasteiger partial charge in [-0.2, -0.15) is 0 Å². The van der Waals surface area contributed by atoms with E-state index in [9.17, 15) is 4.57 Å². The average Bonchev–Trinajstić information content (AvgIpc) is 2.12. The van der Waals surface area contributed by atoms with E-state index in [0.29, 0.717) is 6.54 Å². The van der Waals surface area contributed by atoms with Crippen molar-refractivity contribution in [2.24, 2.45) is 0 Å². The number of hydrogen-bond donors (Lipinski definition) is 1. The Morgan fingerprint density at radius 1 is 1.83 bits per heavy atom. The minimum Gasteiger partial charge on any atom is -0.306 e. The zero-order chi connectivity index (χ0) is 9.56. The summed E-state index contributed by atoms with van der Waals surface area (Å²) in [6.45, 7) is 0.510. The first-order valence-corrected chi connectivity index (χ1v) is 4.64. The third-order valence-corrected chi connectivity index (χ3v) is 2.46. The van der Waals surface area contributed by atoms with Crippen LogP contribution < -0.4 is 5.32 Å². The van der Waals surface area contributed by atoms with E-state index in [1.54, 1.807) is 18.8 Å². The molecule has 0 aliphatic heterocycles. The van der Waals surface area contributed by atoms with Crippen molar-refractivity contribution >= 4 is 8.18 Å². The Bertz CT molecular complexity index is 190. The molecule has 0 aliphatic rings. The lowest BCUT2D eigenvalue weighted by atomic mass is 10.3. The van der Waals surface area contributed by atoms with Gasteiger partial charge in [0.1, 0.15) is 0 Å². The van der Waals surface area contributed by atoms with E-state index in [0.717, 1.165) is 0 Å². The molecule has 0 saturated heterocycles. The van der Waals surface area contributed by atoms with Gasteiger partial charge in [0.25, 0.3) is 0 Å². The standard InChI is InChI=1S/C7H14N2O2P/c1-5-7(8-2)6-9(3)12(10)11-4/h1,7-8H,6H2,2-4H3/q+1. The van der Waals surface area contributed by atoms with E-state index < -0.39 is 8.18 Å². The largest absolute Gasteiger partial charge is 0.615 e. The topological polar surface area (TPSA) is 41.6 Å². The first-order valence-electron chi connectivity index (χ1n) is 3.51. The molecule has 12 heavy (non-hydrogen) atoms. The molecule has 0 spiro atoms. The molecule has 0 rings (SSSR count). The van der Waals surface area contributed by atoms with Gasteiger partial charge in [0, 0.05) is 7.05 Å². The molecule has 1 N–H and O–H groups in total. The summed E-state index contributed by atoms with van der Waals surface area (Å²) in [7, 11) is 3.13. The number of terminal acetylenes is 1. The van der Waals surface area contributed by atoms with Crippen molar-refractivity contribution in [3.8, 4) is 12.3 Å². The summed E-state index contributed by atoms with van der Waals surface area (Å²) in [5.41, 5.74) is 0. The molecule has 2 atom stereocenters. The van der Waals surface area contributed by atoms with Crippen LogP contribution in [0.2, 0.25) is 0 Å². The van der Waals surface area contributed by atoms with Crippen molar-refractivity contribution in [3.63, 3.8) is 0 Å². The van der Waals surface area contributed by atoms with Gasteiger partial charge in [0.05, 0.1) is 19.7 Å². The highest BCUT2D eigenvalue weighted by atomic mass is 31.1. The van der Waals surface area contributed by atoms with Crippen LogP contribution in [-0.4, -0.2) is 38.5 Å². The fourth-order valence-corrected chi connectivity index (χ4v) is 1.27. The molecule has 0 aromatic heterocycles. The molecule has 0 radical (unpaired) electrons. The van der Waals surface area contributed by atoms with E-state index >= 15 is 0 Å². The van der Waals surface area contributed by atoms with Crippen LogP contribution in [0, 0.1) is 12.3 Å². The maximum atomic E-state index is 11.0. The number of nitrogens with one attached hydrogen (secondary N) is 1. The molecule has 0 fully saturated rings. The van der Waals surface area contributed by atoms with E-state index in [4.69, 9.17) is 6.42 Å². The van der Waals surface area contributed by atoms with Gasteiger partial charge in [-0.25, -0.2) is 0 Å². The van der Waals surface area contributed by atoms with E-state index in [2.05, 4.69) is 15.8 Å². The molecule has 0 heterocycles. The van der Waals surface area contributed by atoms with Gasteiger partial charge in [0.15, 0.2) is 0 Å². The van der Waals surface area contributed by atoms with Crippen molar-refractivity contribution in [1.29, 1.82) is 0 Å². The minimum atomic E-state index is -1.74. The van der Waals surface area contributed by atoms with Crippen LogP contribution in [-0.2, 0) is 9.09 Å². The van der Waals surface area contributed by atoms with Gasteiger partial charge in [-0.3, -0.25) is 0 Å². The number of hydrogen-bond acceptors (Lipinski definition) is 3. The summed E-state index contributed by atoms with van der Waals surface area (Å²) in [5.74, 6) is 2.52. The zero-order valence-corrected chi connectivity index (χ0v) is 8.47. The summed E-state index contributed by atoms with van der Waals surface area (Å²) < 4.78 is 17.2. The van der Waals surface area contributed by atoms with E-state index in [1.165, 1.54) is 7.11 Å². The molecule has 4 nitrogen and oxygen atoms in total. The van der Waals surface area contributed by atoms with Crippen molar-refractivity contribution in [2.75, 3.05) is 27.7 Å². The second-order valence-electron chi connectivity index (χ2n) is 2.27. The van der Waals surface area contributed by atoms with E-state index in [-0.39, 0.29) is 6.04 Å². The van der Waals surface area contributed by atoms with Gasteiger partial charge in [-0.05, 0) is 11.6 Å². The zero-order valence-electron chi connectivity index (χ0n) is 7.57. The molecule has 0 aromatic carbocycles. The van der Waals surface area contributed by atoms with Gasteiger partial charge < -0.3 is 5.32 Å². The predicted octanol–water partition coefficient (Wildman–Crippen LogP) is 0.443. The van der Waals surface area contributed by atoms with Gasteiger partial charge in [-0.15, -0.1) is 10.9 Å².